The lowest BCUT2D eigenvalue weighted by atomic mass is 10.2. The highest BCUT2D eigenvalue weighted by Crippen LogP contribution is 2.02. The van der Waals surface area contributed by atoms with E-state index in [1.165, 1.54) is 6.33 Å². The van der Waals surface area contributed by atoms with Crippen molar-refractivity contribution in [1.82, 2.24) is 9.97 Å². The Morgan fingerprint density at radius 1 is 1.67 bits per heavy atom. The van der Waals surface area contributed by atoms with E-state index in [0.29, 0.717) is 0 Å². The Hall–Kier alpha value is -1.16. The van der Waals surface area contributed by atoms with Crippen molar-refractivity contribution in [2.24, 2.45) is 0 Å². The molecule has 0 fully saturated rings. The molecule has 1 rings (SSSR count). The van der Waals surface area contributed by atoms with E-state index in [2.05, 4.69) is 15.3 Å². The van der Waals surface area contributed by atoms with Gasteiger partial charge in [-0.15, -0.1) is 0 Å². The van der Waals surface area contributed by atoms with Crippen molar-refractivity contribution in [3.05, 3.63) is 18.6 Å². The molecule has 0 saturated heterocycles. The van der Waals surface area contributed by atoms with E-state index < -0.39 is 0 Å². The summed E-state index contributed by atoms with van der Waals surface area (Å²) in [7, 11) is 0. The van der Waals surface area contributed by atoms with Crippen LogP contribution in [0.5, 0.6) is 0 Å². The lowest BCUT2D eigenvalue weighted by molar-refractivity contribution is 0.271. The summed E-state index contributed by atoms with van der Waals surface area (Å²) in [5.74, 6) is 0.755. The van der Waals surface area contributed by atoms with Gasteiger partial charge in [-0.25, -0.2) is 9.97 Å². The fraction of sp³-hybridized carbons (Fsp3) is 0.500. The lowest BCUT2D eigenvalue weighted by Crippen LogP contribution is -2.23. The molecule has 1 unspecified atom stereocenters. The summed E-state index contributed by atoms with van der Waals surface area (Å²) in [5.41, 5.74) is 0. The number of aliphatic hydroxyl groups excluding tert-OH is 1. The van der Waals surface area contributed by atoms with Crippen molar-refractivity contribution in [3.63, 3.8) is 0 Å². The maximum absolute atomic E-state index is 8.88. The summed E-state index contributed by atoms with van der Waals surface area (Å²) in [6.07, 6.45) is 4.02. The number of aromatic nitrogens is 2. The molecule has 0 saturated carbocycles. The van der Waals surface area contributed by atoms with Crippen LogP contribution in [0.25, 0.3) is 0 Å². The molecule has 0 amide bonds. The summed E-state index contributed by atoms with van der Waals surface area (Å²) in [5, 5.41) is 12.0. The van der Waals surface area contributed by atoms with Crippen molar-refractivity contribution in [3.8, 4) is 0 Å². The molecule has 4 heteroatoms. The van der Waals surface area contributed by atoms with E-state index >= 15 is 0 Å². The molecule has 0 bridgehead atoms. The van der Waals surface area contributed by atoms with E-state index in [1.54, 1.807) is 12.3 Å². The Morgan fingerprint density at radius 3 is 3.00 bits per heavy atom. The first-order valence-corrected chi connectivity index (χ1v) is 4.00. The minimum absolute atomic E-state index is 0.0832. The van der Waals surface area contributed by atoms with E-state index in [9.17, 15) is 0 Å². The topological polar surface area (TPSA) is 58.0 Å². The zero-order valence-electron chi connectivity index (χ0n) is 7.07. The number of nitrogens with one attached hydrogen (secondary N) is 1. The third-order valence-corrected chi connectivity index (χ3v) is 1.65. The first-order valence-electron chi connectivity index (χ1n) is 4.00. The molecule has 0 aliphatic heterocycles. The van der Waals surface area contributed by atoms with Crippen LogP contribution in [0.3, 0.4) is 0 Å². The number of nitrogens with zero attached hydrogens (tertiary/aromatic N) is 2. The molecule has 0 aliphatic rings. The van der Waals surface area contributed by atoms with E-state index in [4.69, 9.17) is 5.11 Å². The second-order valence-electron chi connectivity index (χ2n) is 2.53. The number of anilines is 1. The second kappa shape index (κ2) is 4.66. The molecule has 1 heterocycles. The van der Waals surface area contributed by atoms with Gasteiger partial charge in [0.25, 0.3) is 0 Å². The molecule has 4 nitrogen and oxygen atoms in total. The molecule has 0 aromatic carbocycles. The van der Waals surface area contributed by atoms with Gasteiger partial charge in [-0.05, 0) is 12.5 Å². The number of rotatable bonds is 4. The van der Waals surface area contributed by atoms with Gasteiger partial charge in [0.2, 0.25) is 0 Å². The smallest absolute Gasteiger partial charge is 0.129 e. The summed E-state index contributed by atoms with van der Waals surface area (Å²) in [6, 6.07) is 1.86. The highest BCUT2D eigenvalue weighted by Gasteiger charge is 2.03. The number of hydrogen-bond donors (Lipinski definition) is 2. The van der Waals surface area contributed by atoms with E-state index in [-0.39, 0.29) is 12.6 Å². The first-order chi connectivity index (χ1) is 5.86. The van der Waals surface area contributed by atoms with Crippen LogP contribution in [0.4, 0.5) is 5.82 Å². The molecule has 1 atom stereocenters. The standard InChI is InChI=1S/C8H13N3O/c1-2-7(5-12)11-8-3-4-9-6-10-8/h3-4,6-7,12H,2,5H2,1H3,(H,9,10,11). The van der Waals surface area contributed by atoms with Crippen LogP contribution in [-0.2, 0) is 0 Å². The maximum Gasteiger partial charge on any atom is 0.129 e. The first kappa shape index (κ1) is 8.93. The summed E-state index contributed by atoms with van der Waals surface area (Å²) < 4.78 is 0. The molecular formula is C8H13N3O. The lowest BCUT2D eigenvalue weighted by Gasteiger charge is -2.13. The summed E-state index contributed by atoms with van der Waals surface area (Å²) >= 11 is 0. The van der Waals surface area contributed by atoms with Crippen LogP contribution in [0.2, 0.25) is 0 Å². The van der Waals surface area contributed by atoms with Crippen molar-refractivity contribution in [1.29, 1.82) is 0 Å². The minimum Gasteiger partial charge on any atom is -0.394 e. The average molecular weight is 167 g/mol. The van der Waals surface area contributed by atoms with Crippen molar-refractivity contribution < 1.29 is 5.11 Å². The van der Waals surface area contributed by atoms with Crippen molar-refractivity contribution in [2.75, 3.05) is 11.9 Å². The van der Waals surface area contributed by atoms with Gasteiger partial charge in [-0.2, -0.15) is 0 Å². The molecule has 0 radical (unpaired) electrons. The summed E-state index contributed by atoms with van der Waals surface area (Å²) in [4.78, 5) is 7.77. The Balaban J connectivity index is 2.51. The van der Waals surface area contributed by atoms with Gasteiger partial charge >= 0.3 is 0 Å². The molecule has 66 valence electrons. The van der Waals surface area contributed by atoms with Crippen LogP contribution < -0.4 is 5.32 Å². The SMILES string of the molecule is CCC(CO)Nc1ccncn1. The van der Waals surface area contributed by atoms with Gasteiger partial charge in [0.15, 0.2) is 0 Å². The fourth-order valence-electron chi connectivity index (χ4n) is 0.862. The zero-order valence-corrected chi connectivity index (χ0v) is 7.07. The largest absolute Gasteiger partial charge is 0.394 e. The van der Waals surface area contributed by atoms with Crippen LogP contribution >= 0.6 is 0 Å². The molecule has 12 heavy (non-hydrogen) atoms. The molecule has 0 spiro atoms. The number of aliphatic hydroxyl groups is 1. The quantitative estimate of drug-likeness (QED) is 0.691. The second-order valence-corrected chi connectivity index (χ2v) is 2.53. The zero-order chi connectivity index (χ0) is 8.81. The predicted molar refractivity (Wildman–Crippen MR) is 46.8 cm³/mol. The minimum atomic E-state index is 0.0832. The summed E-state index contributed by atoms with van der Waals surface area (Å²) in [6.45, 7) is 2.13. The molecule has 1 aromatic heterocycles. The number of hydrogen-bond acceptors (Lipinski definition) is 4. The van der Waals surface area contributed by atoms with Gasteiger partial charge in [0.05, 0.1) is 12.6 Å². The van der Waals surface area contributed by atoms with Crippen molar-refractivity contribution in [2.45, 2.75) is 19.4 Å². The average Bonchev–Trinajstić information content (AvgIpc) is 2.16. The third kappa shape index (κ3) is 2.47. The normalized spacial score (nSPS) is 12.5. The third-order valence-electron chi connectivity index (χ3n) is 1.65. The molecule has 2 N–H and O–H groups in total. The van der Waals surface area contributed by atoms with Crippen LogP contribution in [0.15, 0.2) is 18.6 Å². The Labute approximate surface area is 71.7 Å². The molecular weight excluding hydrogens is 154 g/mol. The van der Waals surface area contributed by atoms with Crippen molar-refractivity contribution >= 4 is 5.82 Å². The Kier molecular flexibility index (Phi) is 3.47. The molecule has 1 aromatic rings. The van der Waals surface area contributed by atoms with Gasteiger partial charge in [-0.1, -0.05) is 6.92 Å². The van der Waals surface area contributed by atoms with E-state index in [1.807, 2.05) is 6.92 Å². The molecule has 0 aliphatic carbocycles. The van der Waals surface area contributed by atoms with Crippen LogP contribution in [0.1, 0.15) is 13.3 Å². The maximum atomic E-state index is 8.88. The Morgan fingerprint density at radius 2 is 2.50 bits per heavy atom. The highest BCUT2D eigenvalue weighted by molar-refractivity contribution is 5.32. The van der Waals surface area contributed by atoms with Gasteiger partial charge in [0, 0.05) is 6.20 Å². The van der Waals surface area contributed by atoms with Gasteiger partial charge < -0.3 is 10.4 Å². The highest BCUT2D eigenvalue weighted by atomic mass is 16.3. The van der Waals surface area contributed by atoms with E-state index in [0.717, 1.165) is 12.2 Å². The predicted octanol–water partition coefficient (Wildman–Crippen LogP) is 0.659. The van der Waals surface area contributed by atoms with Crippen LogP contribution in [-0.4, -0.2) is 27.7 Å². The fourth-order valence-corrected chi connectivity index (χ4v) is 0.862. The van der Waals surface area contributed by atoms with Crippen LogP contribution in [0, 0.1) is 0 Å². The van der Waals surface area contributed by atoms with Gasteiger partial charge in [0.1, 0.15) is 12.1 Å². The van der Waals surface area contributed by atoms with Gasteiger partial charge in [-0.3, -0.25) is 0 Å². The Bertz CT molecular complexity index is 211. The monoisotopic (exact) mass is 167 g/mol.